The van der Waals surface area contributed by atoms with E-state index in [-0.39, 0.29) is 48.9 Å². The molecule has 2 heterocycles. The van der Waals surface area contributed by atoms with Crippen molar-refractivity contribution in [1.29, 1.82) is 0 Å². The van der Waals surface area contributed by atoms with Crippen LogP contribution >= 0.6 is 0 Å². The topological polar surface area (TPSA) is 189 Å². The zero-order chi connectivity index (χ0) is 37.8. The van der Waals surface area contributed by atoms with Gasteiger partial charge in [0.2, 0.25) is 11.8 Å². The van der Waals surface area contributed by atoms with E-state index in [0.29, 0.717) is 38.8 Å². The maximum Gasteiger partial charge on any atom is 0.573 e. The normalized spacial score (nSPS) is 11.7. The molecule has 0 aliphatic carbocycles. The Morgan fingerprint density at radius 1 is 0.750 bits per heavy atom. The molecule has 0 bridgehead atoms. The Morgan fingerprint density at radius 3 is 1.88 bits per heavy atom. The van der Waals surface area contributed by atoms with Gasteiger partial charge in [0.15, 0.2) is 11.6 Å². The van der Waals surface area contributed by atoms with Crippen molar-refractivity contribution in [2.75, 3.05) is 24.2 Å². The molecule has 8 N–H and O–H groups in total. The predicted molar refractivity (Wildman–Crippen MR) is 180 cm³/mol. The van der Waals surface area contributed by atoms with E-state index in [2.05, 4.69) is 20.3 Å². The van der Waals surface area contributed by atoms with Crippen LogP contribution < -0.4 is 27.3 Å². The number of aliphatic hydroxyl groups excluding tert-OH is 1. The molecule has 272 valence electrons. The van der Waals surface area contributed by atoms with Gasteiger partial charge in [-0.25, -0.2) is 0 Å². The molecule has 12 nitrogen and oxygen atoms in total. The van der Waals surface area contributed by atoms with Crippen LogP contribution in [0.5, 0.6) is 5.75 Å². The van der Waals surface area contributed by atoms with Gasteiger partial charge >= 0.3 is 12.5 Å². The molecule has 2 aromatic heterocycles. The maximum absolute atomic E-state index is 13.2. The number of amides is 2. The molecule has 2 amide bonds. The maximum atomic E-state index is 13.2. The Bertz CT molecular complexity index is 2250. The Labute approximate surface area is 290 Å². The number of hydrogen-bond donors (Lipinski definition) is 5. The Morgan fingerprint density at radius 2 is 1.29 bits per heavy atom. The van der Waals surface area contributed by atoms with Crippen molar-refractivity contribution >= 4 is 45.3 Å². The lowest BCUT2D eigenvalue weighted by atomic mass is 9.98. The zero-order valence-corrected chi connectivity index (χ0v) is 26.9. The van der Waals surface area contributed by atoms with E-state index in [1.165, 1.54) is 51.8 Å². The molecule has 0 unspecified atom stereocenters. The largest absolute Gasteiger partial charge is 0.573 e. The van der Waals surface area contributed by atoms with Crippen LogP contribution in [0.3, 0.4) is 0 Å². The standard InChI is InChI=1S/C18H17F3N4O3.C16H13F3N4O/c19-18(20,21)28-15-4-2-1-3-12(15)11-5-6-13-14(9-11)25(10-16(22)27)24-17(13)23-7-8-26;17-16(18,19)12-4-2-1-3-10(12)9-5-6-11-13(7-9)23(8-14(20)24)22-15(11)21/h1-6,9,26H,7-8,10H2,(H2,22,27)(H,23,24);1-7H,8H2,(H2,20,24)(H2,21,22). The van der Waals surface area contributed by atoms with Crippen LogP contribution in [0, 0.1) is 0 Å². The van der Waals surface area contributed by atoms with Gasteiger partial charge < -0.3 is 32.4 Å². The third kappa shape index (κ3) is 8.52. The van der Waals surface area contributed by atoms with Gasteiger partial charge in [-0.05, 0) is 53.1 Å². The van der Waals surface area contributed by atoms with Gasteiger partial charge in [0.05, 0.1) is 23.2 Å². The zero-order valence-electron chi connectivity index (χ0n) is 26.9. The number of nitrogens with two attached hydrogens (primary N) is 3. The summed E-state index contributed by atoms with van der Waals surface area (Å²) in [6, 6.07) is 20.6. The first-order chi connectivity index (χ1) is 24.6. The fraction of sp³-hybridized carbons (Fsp3) is 0.176. The molecule has 0 saturated heterocycles. The molecule has 0 fully saturated rings. The number of aromatic nitrogens is 4. The highest BCUT2D eigenvalue weighted by Gasteiger charge is 2.34. The first-order valence-corrected chi connectivity index (χ1v) is 15.3. The number of aliphatic hydroxyl groups is 1. The number of anilines is 2. The number of hydrogen-bond acceptors (Lipinski definition) is 8. The molecule has 18 heteroatoms. The predicted octanol–water partition coefficient (Wildman–Crippen LogP) is 5.28. The van der Waals surface area contributed by atoms with Crippen molar-refractivity contribution in [1.82, 2.24) is 19.6 Å². The van der Waals surface area contributed by atoms with Gasteiger partial charge in [-0.15, -0.1) is 13.2 Å². The summed E-state index contributed by atoms with van der Waals surface area (Å²) < 4.78 is 84.5. The number of nitrogen functional groups attached to an aromatic ring is 1. The second-order valence-electron chi connectivity index (χ2n) is 11.2. The molecular weight excluding hydrogens is 698 g/mol. The van der Waals surface area contributed by atoms with Crippen LogP contribution in [0.2, 0.25) is 0 Å². The number of rotatable bonds is 10. The van der Waals surface area contributed by atoms with E-state index in [9.17, 15) is 35.9 Å². The quantitative estimate of drug-likeness (QED) is 0.118. The van der Waals surface area contributed by atoms with E-state index in [0.717, 1.165) is 6.07 Å². The molecule has 6 rings (SSSR count). The monoisotopic (exact) mass is 728 g/mol. The van der Waals surface area contributed by atoms with E-state index < -0.39 is 29.9 Å². The third-order valence-corrected chi connectivity index (χ3v) is 7.51. The summed E-state index contributed by atoms with van der Waals surface area (Å²) >= 11 is 0. The van der Waals surface area contributed by atoms with Crippen molar-refractivity contribution in [2.24, 2.45) is 11.5 Å². The SMILES string of the molecule is NC(=O)Cn1nc(N)c2ccc(-c3ccccc3C(F)(F)F)cc21.NC(=O)Cn1nc(NCCO)c2ccc(-c3ccccc3OC(F)(F)F)cc21. The van der Waals surface area contributed by atoms with E-state index >= 15 is 0 Å². The van der Waals surface area contributed by atoms with Crippen molar-refractivity contribution in [3.8, 4) is 28.0 Å². The number of fused-ring (bicyclic) bond motifs is 2. The number of carbonyl (C=O) groups is 2. The smallest absolute Gasteiger partial charge is 0.405 e. The molecule has 0 aliphatic rings. The van der Waals surface area contributed by atoms with Crippen LogP contribution in [-0.2, 0) is 28.9 Å². The van der Waals surface area contributed by atoms with Crippen molar-refractivity contribution in [3.05, 3.63) is 90.5 Å². The summed E-state index contributed by atoms with van der Waals surface area (Å²) in [5, 5.41) is 21.4. The number of benzene rings is 4. The molecule has 0 spiro atoms. The summed E-state index contributed by atoms with van der Waals surface area (Å²) in [7, 11) is 0. The van der Waals surface area contributed by atoms with Gasteiger partial charge in [0.1, 0.15) is 18.8 Å². The molecule has 0 atom stereocenters. The van der Waals surface area contributed by atoms with Gasteiger partial charge in [-0.3, -0.25) is 19.0 Å². The van der Waals surface area contributed by atoms with Crippen LogP contribution in [-0.4, -0.2) is 56.0 Å². The lowest BCUT2D eigenvalue weighted by Gasteiger charge is -2.13. The molecule has 52 heavy (non-hydrogen) atoms. The van der Waals surface area contributed by atoms with E-state index in [1.54, 1.807) is 36.4 Å². The molecule has 6 aromatic rings. The first kappa shape index (κ1) is 37.0. The minimum atomic E-state index is -4.82. The van der Waals surface area contributed by atoms with Gasteiger partial charge in [0.25, 0.3) is 0 Å². The summed E-state index contributed by atoms with van der Waals surface area (Å²) in [5.74, 6) is -0.975. The van der Waals surface area contributed by atoms with Crippen LogP contribution in [0.4, 0.5) is 38.0 Å². The van der Waals surface area contributed by atoms with Gasteiger partial charge in [-0.1, -0.05) is 48.5 Å². The van der Waals surface area contributed by atoms with Gasteiger partial charge in [-0.2, -0.15) is 23.4 Å². The second-order valence-corrected chi connectivity index (χ2v) is 11.2. The summed E-state index contributed by atoms with van der Waals surface area (Å²) in [6.45, 7) is -0.295. The number of carbonyl (C=O) groups excluding carboxylic acids is 2. The average molecular weight is 729 g/mol. The fourth-order valence-electron chi connectivity index (χ4n) is 5.45. The van der Waals surface area contributed by atoms with Crippen LogP contribution in [0.1, 0.15) is 5.56 Å². The number of alkyl halides is 6. The number of nitrogens with zero attached hydrogens (tertiary/aromatic N) is 4. The van der Waals surface area contributed by atoms with Crippen molar-refractivity contribution < 1.29 is 45.8 Å². The Hall–Kier alpha value is -6.30. The van der Waals surface area contributed by atoms with Crippen LogP contribution in [0.25, 0.3) is 44.1 Å². The number of halogens is 6. The lowest BCUT2D eigenvalue weighted by molar-refractivity contribution is -0.274. The third-order valence-electron chi connectivity index (χ3n) is 7.51. The first-order valence-electron chi connectivity index (χ1n) is 15.3. The summed E-state index contributed by atoms with van der Waals surface area (Å²) in [4.78, 5) is 22.5. The van der Waals surface area contributed by atoms with Crippen LogP contribution in [0.15, 0.2) is 84.9 Å². The number of nitrogens with one attached hydrogen (secondary N) is 1. The van der Waals surface area contributed by atoms with Crippen molar-refractivity contribution in [3.63, 3.8) is 0 Å². The minimum absolute atomic E-state index is 0.0392. The molecule has 0 radical (unpaired) electrons. The van der Waals surface area contributed by atoms with E-state index in [4.69, 9.17) is 22.3 Å². The molecule has 0 aliphatic heterocycles. The average Bonchev–Trinajstić information content (AvgIpc) is 3.57. The number of para-hydroxylation sites is 1. The highest BCUT2D eigenvalue weighted by Crippen LogP contribution is 2.39. The highest BCUT2D eigenvalue weighted by atomic mass is 19.4. The molecular formula is C34H30F6N8O4. The minimum Gasteiger partial charge on any atom is -0.405 e. The van der Waals surface area contributed by atoms with E-state index in [1.807, 2.05) is 0 Å². The lowest BCUT2D eigenvalue weighted by Crippen LogP contribution is -2.19. The second kappa shape index (κ2) is 14.9. The summed E-state index contributed by atoms with van der Waals surface area (Å²) in [5.41, 5.74) is 17.5. The Balaban J connectivity index is 0.000000203. The highest BCUT2D eigenvalue weighted by molar-refractivity contribution is 5.95. The number of primary amides is 2. The molecule has 0 saturated carbocycles. The Kier molecular flexibility index (Phi) is 10.6. The fourth-order valence-corrected chi connectivity index (χ4v) is 5.45. The van der Waals surface area contributed by atoms with Gasteiger partial charge in [0, 0.05) is 22.9 Å². The summed E-state index contributed by atoms with van der Waals surface area (Å²) in [6.07, 6.45) is -9.30. The number of ether oxygens (including phenoxy) is 1. The molecule has 4 aromatic carbocycles. The van der Waals surface area contributed by atoms with Crippen molar-refractivity contribution in [2.45, 2.75) is 25.6 Å².